The summed E-state index contributed by atoms with van der Waals surface area (Å²) in [7, 11) is 4.74. The van der Waals surface area contributed by atoms with Crippen LogP contribution in [-0.4, -0.2) is 64.4 Å². The van der Waals surface area contributed by atoms with Crippen LogP contribution in [0.2, 0.25) is 0 Å². The minimum Gasteiger partial charge on any atom is -0.497 e. The Balaban J connectivity index is 1.27. The van der Waals surface area contributed by atoms with E-state index in [9.17, 15) is 14.0 Å². The van der Waals surface area contributed by atoms with Gasteiger partial charge in [-0.2, -0.15) is 5.10 Å². The lowest BCUT2D eigenvalue weighted by atomic mass is 9.97. The monoisotopic (exact) mass is 680 g/mol. The van der Waals surface area contributed by atoms with Crippen molar-refractivity contribution in [3.05, 3.63) is 125 Å². The number of para-hydroxylation sites is 2. The van der Waals surface area contributed by atoms with E-state index in [1.807, 2.05) is 66.7 Å². The summed E-state index contributed by atoms with van der Waals surface area (Å²) < 4.78 is 32.6. The van der Waals surface area contributed by atoms with Crippen molar-refractivity contribution in [2.75, 3.05) is 27.1 Å². The first kappa shape index (κ1) is 33.2. The Morgan fingerprint density at radius 3 is 2.35 bits per heavy atom. The Bertz CT molecular complexity index is 1990. The molecule has 0 saturated carbocycles. The summed E-state index contributed by atoms with van der Waals surface area (Å²) in [4.78, 5) is 26.8. The van der Waals surface area contributed by atoms with E-state index in [1.54, 1.807) is 38.0 Å². The molecule has 49 heavy (non-hydrogen) atoms. The highest BCUT2D eigenvalue weighted by Crippen LogP contribution is 2.42. The van der Waals surface area contributed by atoms with Gasteiger partial charge in [0, 0.05) is 17.7 Å². The number of hydrogen-bond acceptors (Lipinski definition) is 9. The third kappa shape index (κ3) is 7.11. The SMILES string of the molecule is COc1ccc(C2=NN(C(=O)CSc3nnc(CNC(=O)c4ccccc4F)n3-c3ccccc3)[C@H](c3cccc(OC)c3OC)C2)cc1. The second-order valence-electron chi connectivity index (χ2n) is 10.8. The third-order valence-corrected chi connectivity index (χ3v) is 8.86. The molecule has 0 fully saturated rings. The number of rotatable bonds is 12. The number of methoxy groups -OCH3 is 3. The molecule has 0 spiro atoms. The van der Waals surface area contributed by atoms with Gasteiger partial charge in [0.05, 0.1) is 50.9 Å². The molecule has 0 unspecified atom stereocenters. The molecule has 0 aliphatic carbocycles. The number of nitrogens with zero attached hydrogens (tertiary/aromatic N) is 5. The Kier molecular flexibility index (Phi) is 10.2. The molecule has 0 radical (unpaired) electrons. The number of nitrogens with one attached hydrogen (secondary N) is 1. The van der Waals surface area contributed by atoms with Gasteiger partial charge in [-0.25, -0.2) is 9.40 Å². The van der Waals surface area contributed by atoms with Gasteiger partial charge >= 0.3 is 0 Å². The summed E-state index contributed by atoms with van der Waals surface area (Å²) in [5.41, 5.74) is 3.01. The van der Waals surface area contributed by atoms with Crippen molar-refractivity contribution in [3.63, 3.8) is 0 Å². The van der Waals surface area contributed by atoms with E-state index in [2.05, 4.69) is 15.5 Å². The van der Waals surface area contributed by atoms with Crippen molar-refractivity contribution >= 4 is 29.3 Å². The number of ether oxygens (including phenoxy) is 3. The van der Waals surface area contributed by atoms with Crippen LogP contribution in [0.4, 0.5) is 4.39 Å². The van der Waals surface area contributed by atoms with Crippen LogP contribution < -0.4 is 19.5 Å². The quantitative estimate of drug-likeness (QED) is 0.164. The van der Waals surface area contributed by atoms with Crippen molar-refractivity contribution in [2.24, 2.45) is 5.10 Å². The predicted octanol–water partition coefficient (Wildman–Crippen LogP) is 5.83. The maximum Gasteiger partial charge on any atom is 0.254 e. The molecule has 5 aromatic rings. The lowest BCUT2D eigenvalue weighted by molar-refractivity contribution is -0.130. The van der Waals surface area contributed by atoms with Crippen LogP contribution in [0.1, 0.15) is 39.8 Å². The lowest BCUT2D eigenvalue weighted by Gasteiger charge is -2.24. The molecule has 0 saturated heterocycles. The van der Waals surface area contributed by atoms with Gasteiger partial charge in [-0.05, 0) is 60.2 Å². The maximum absolute atomic E-state index is 14.2. The van der Waals surface area contributed by atoms with Crippen LogP contribution in [0.3, 0.4) is 0 Å². The normalized spacial score (nSPS) is 13.9. The molecular formula is C36H33FN6O5S. The number of halogens is 1. The highest BCUT2D eigenvalue weighted by Gasteiger charge is 2.36. The number of benzene rings is 4. The molecule has 4 aromatic carbocycles. The summed E-state index contributed by atoms with van der Waals surface area (Å²) in [5, 5.41) is 18.1. The van der Waals surface area contributed by atoms with Crippen LogP contribution >= 0.6 is 11.8 Å². The molecule has 250 valence electrons. The molecule has 1 aliphatic rings. The molecule has 2 heterocycles. The van der Waals surface area contributed by atoms with Crippen LogP contribution in [0.5, 0.6) is 17.2 Å². The van der Waals surface area contributed by atoms with Crippen LogP contribution in [0.15, 0.2) is 107 Å². The molecule has 6 rings (SSSR count). The van der Waals surface area contributed by atoms with E-state index in [-0.39, 0.29) is 23.8 Å². The first-order valence-corrected chi connectivity index (χ1v) is 16.3. The fourth-order valence-electron chi connectivity index (χ4n) is 5.55. The van der Waals surface area contributed by atoms with Crippen molar-refractivity contribution in [1.29, 1.82) is 0 Å². The van der Waals surface area contributed by atoms with Crippen molar-refractivity contribution in [3.8, 4) is 22.9 Å². The molecule has 1 N–H and O–H groups in total. The maximum atomic E-state index is 14.2. The number of aromatic nitrogens is 3. The van der Waals surface area contributed by atoms with Gasteiger partial charge in [0.2, 0.25) is 0 Å². The predicted molar refractivity (Wildman–Crippen MR) is 183 cm³/mol. The van der Waals surface area contributed by atoms with E-state index in [0.29, 0.717) is 34.7 Å². The third-order valence-electron chi connectivity index (χ3n) is 7.95. The van der Waals surface area contributed by atoms with E-state index in [0.717, 1.165) is 22.5 Å². The summed E-state index contributed by atoms with van der Waals surface area (Å²) in [6, 6.07) is 27.7. The molecule has 2 amide bonds. The first-order valence-electron chi connectivity index (χ1n) is 15.3. The van der Waals surface area contributed by atoms with E-state index >= 15 is 0 Å². The minimum atomic E-state index is -0.621. The number of hydrazone groups is 1. The Labute approximate surface area is 286 Å². The second kappa shape index (κ2) is 15.0. The fourth-order valence-corrected chi connectivity index (χ4v) is 6.38. The fraction of sp³-hybridized carbons (Fsp3) is 0.194. The zero-order valence-corrected chi connectivity index (χ0v) is 27.8. The average molecular weight is 681 g/mol. The minimum absolute atomic E-state index is 0.0191. The van der Waals surface area contributed by atoms with Gasteiger partial charge in [0.25, 0.3) is 11.8 Å². The van der Waals surface area contributed by atoms with Crippen LogP contribution in [0, 0.1) is 5.82 Å². The number of carbonyl (C=O) groups is 2. The number of amides is 2. The summed E-state index contributed by atoms with van der Waals surface area (Å²) in [6.07, 6.45) is 0.443. The molecule has 1 atom stereocenters. The van der Waals surface area contributed by atoms with Crippen LogP contribution in [0.25, 0.3) is 5.69 Å². The smallest absolute Gasteiger partial charge is 0.254 e. The van der Waals surface area contributed by atoms with Crippen molar-refractivity contribution in [2.45, 2.75) is 24.2 Å². The molecule has 1 aromatic heterocycles. The average Bonchev–Trinajstić information content (AvgIpc) is 3.78. The highest BCUT2D eigenvalue weighted by molar-refractivity contribution is 7.99. The number of carbonyl (C=O) groups excluding carboxylic acids is 2. The van der Waals surface area contributed by atoms with Gasteiger partial charge in [0.1, 0.15) is 11.6 Å². The molecule has 0 bridgehead atoms. The zero-order chi connectivity index (χ0) is 34.3. The van der Waals surface area contributed by atoms with Gasteiger partial charge in [-0.15, -0.1) is 10.2 Å². The van der Waals surface area contributed by atoms with E-state index in [1.165, 1.54) is 35.0 Å². The first-order chi connectivity index (χ1) is 23.9. The van der Waals surface area contributed by atoms with Gasteiger partial charge < -0.3 is 19.5 Å². The topological polar surface area (TPSA) is 120 Å². The van der Waals surface area contributed by atoms with Crippen molar-refractivity contribution < 1.29 is 28.2 Å². The highest BCUT2D eigenvalue weighted by atomic mass is 32.2. The van der Waals surface area contributed by atoms with E-state index in [4.69, 9.17) is 19.3 Å². The van der Waals surface area contributed by atoms with Crippen molar-refractivity contribution in [1.82, 2.24) is 25.1 Å². The Morgan fingerprint density at radius 1 is 0.878 bits per heavy atom. The summed E-state index contributed by atoms with van der Waals surface area (Å²) >= 11 is 1.19. The Hall–Kier alpha value is -5.69. The van der Waals surface area contributed by atoms with E-state index < -0.39 is 17.8 Å². The van der Waals surface area contributed by atoms with Gasteiger partial charge in [0.15, 0.2) is 22.5 Å². The molecular weight excluding hydrogens is 647 g/mol. The van der Waals surface area contributed by atoms with Gasteiger partial charge in [-0.1, -0.05) is 54.2 Å². The molecule has 11 nitrogen and oxygen atoms in total. The number of hydrogen-bond donors (Lipinski definition) is 1. The number of thioether (sulfide) groups is 1. The largest absolute Gasteiger partial charge is 0.497 e. The summed E-state index contributed by atoms with van der Waals surface area (Å²) in [6.45, 7) is -0.0249. The Morgan fingerprint density at radius 2 is 1.63 bits per heavy atom. The van der Waals surface area contributed by atoms with Gasteiger partial charge in [-0.3, -0.25) is 14.2 Å². The van der Waals surface area contributed by atoms with Crippen LogP contribution in [-0.2, 0) is 11.3 Å². The lowest BCUT2D eigenvalue weighted by Crippen LogP contribution is -2.29. The molecule has 13 heteroatoms. The standard InChI is InChI=1S/C36H33FN6O5S/c1-46-25-18-16-23(17-19-25)29-20-30(27-13-9-15-31(47-2)34(27)48-3)43(41-29)33(44)22-49-36-40-39-32(42(36)24-10-5-4-6-11-24)21-38-35(45)26-12-7-8-14-28(26)37/h4-19,30H,20-22H2,1-3H3,(H,38,45)/t30-/m0/s1. The summed E-state index contributed by atoms with van der Waals surface area (Å²) in [5.74, 6) is 0.710. The zero-order valence-electron chi connectivity index (χ0n) is 27.0. The molecule has 1 aliphatic heterocycles. The second-order valence-corrected chi connectivity index (χ2v) is 11.8.